The molecule has 23 heavy (non-hydrogen) atoms. The quantitative estimate of drug-likeness (QED) is 0.858. The van der Waals surface area contributed by atoms with Crippen molar-refractivity contribution < 1.29 is 9.90 Å². The number of amides is 1. The number of aromatic nitrogens is 2. The first-order valence-corrected chi connectivity index (χ1v) is 8.56. The molecule has 1 aliphatic carbocycles. The van der Waals surface area contributed by atoms with Crippen molar-refractivity contribution in [2.45, 2.75) is 33.1 Å². The van der Waals surface area contributed by atoms with Gasteiger partial charge in [0.1, 0.15) is 17.3 Å². The van der Waals surface area contributed by atoms with Crippen LogP contribution in [0.2, 0.25) is 0 Å². The zero-order valence-corrected chi connectivity index (χ0v) is 13.8. The van der Waals surface area contributed by atoms with Crippen molar-refractivity contribution in [2.75, 3.05) is 31.1 Å². The van der Waals surface area contributed by atoms with Crippen LogP contribution < -0.4 is 10.2 Å². The van der Waals surface area contributed by atoms with Gasteiger partial charge in [0, 0.05) is 37.0 Å². The number of carbonyl (C=O) groups excluding carboxylic acids is 1. The van der Waals surface area contributed by atoms with Gasteiger partial charge < -0.3 is 15.3 Å². The first kappa shape index (κ1) is 14.9. The molecule has 0 bridgehead atoms. The van der Waals surface area contributed by atoms with Gasteiger partial charge in [0.15, 0.2) is 0 Å². The minimum absolute atomic E-state index is 0.0764. The Morgan fingerprint density at radius 3 is 2.96 bits per heavy atom. The van der Waals surface area contributed by atoms with Gasteiger partial charge in [-0.1, -0.05) is 13.8 Å². The van der Waals surface area contributed by atoms with Crippen LogP contribution in [0, 0.1) is 17.3 Å². The minimum atomic E-state index is -0.0823. The lowest BCUT2D eigenvalue weighted by Gasteiger charge is -2.27. The smallest absolute Gasteiger partial charge is 0.270 e. The molecule has 2 atom stereocenters. The van der Waals surface area contributed by atoms with Crippen molar-refractivity contribution in [1.82, 2.24) is 15.3 Å². The third-order valence-electron chi connectivity index (χ3n) is 5.42. The molecule has 2 aliphatic heterocycles. The summed E-state index contributed by atoms with van der Waals surface area (Å²) in [5.41, 5.74) is 1.61. The molecule has 4 rings (SSSR count). The summed E-state index contributed by atoms with van der Waals surface area (Å²) >= 11 is 0. The molecule has 0 spiro atoms. The van der Waals surface area contributed by atoms with Gasteiger partial charge in [-0.05, 0) is 24.7 Å². The number of piperidine rings is 1. The molecule has 1 aromatic heterocycles. The standard InChI is InChI=1S/C17H24N4O2/c1-10(2)5-13-19-14-12(3-4-18-16(14)23)15(20-13)21-7-11-6-17(11,8-21)9-22/h10-11,22H,3-9H2,1-2H3,(H,18,23)/t11-,17+/m1/s1. The average molecular weight is 316 g/mol. The number of rotatable bonds is 4. The van der Waals surface area contributed by atoms with Gasteiger partial charge in [0.05, 0.1) is 6.61 Å². The Bertz CT molecular complexity index is 656. The lowest BCUT2D eigenvalue weighted by molar-refractivity contribution is 0.0940. The lowest BCUT2D eigenvalue weighted by atomic mass is 10.0. The fraction of sp³-hybridized carbons (Fsp3) is 0.706. The maximum Gasteiger partial charge on any atom is 0.270 e. The summed E-state index contributed by atoms with van der Waals surface area (Å²) in [5, 5.41) is 12.5. The number of aliphatic hydroxyl groups excluding tert-OH is 1. The molecular formula is C17H24N4O2. The number of fused-ring (bicyclic) bond motifs is 2. The van der Waals surface area contributed by atoms with E-state index in [9.17, 15) is 9.90 Å². The summed E-state index contributed by atoms with van der Waals surface area (Å²) in [6.07, 6.45) is 2.67. The van der Waals surface area contributed by atoms with Crippen LogP contribution in [-0.2, 0) is 12.8 Å². The summed E-state index contributed by atoms with van der Waals surface area (Å²) in [6, 6.07) is 0. The third-order valence-corrected chi connectivity index (χ3v) is 5.42. The number of nitrogens with zero attached hydrogens (tertiary/aromatic N) is 3. The van der Waals surface area contributed by atoms with E-state index in [1.165, 1.54) is 0 Å². The van der Waals surface area contributed by atoms with Gasteiger partial charge >= 0.3 is 0 Å². The molecule has 124 valence electrons. The highest BCUT2D eigenvalue weighted by Gasteiger charge is 2.60. The Balaban J connectivity index is 1.73. The summed E-state index contributed by atoms with van der Waals surface area (Å²) in [5.74, 6) is 2.62. The Hall–Kier alpha value is -1.69. The fourth-order valence-electron chi connectivity index (χ4n) is 4.04. The second-order valence-electron chi connectivity index (χ2n) is 7.70. The van der Waals surface area contributed by atoms with Crippen molar-refractivity contribution in [3.8, 4) is 0 Å². The maximum atomic E-state index is 12.2. The Labute approximate surface area is 136 Å². The number of anilines is 1. The van der Waals surface area contributed by atoms with E-state index in [2.05, 4.69) is 29.0 Å². The van der Waals surface area contributed by atoms with Crippen LogP contribution in [0.25, 0.3) is 0 Å². The summed E-state index contributed by atoms with van der Waals surface area (Å²) in [7, 11) is 0. The first-order chi connectivity index (χ1) is 11.0. The van der Waals surface area contributed by atoms with E-state index in [0.29, 0.717) is 24.1 Å². The predicted octanol–water partition coefficient (Wildman–Crippen LogP) is 0.780. The van der Waals surface area contributed by atoms with Gasteiger partial charge in [-0.3, -0.25) is 4.79 Å². The van der Waals surface area contributed by atoms with Crippen molar-refractivity contribution in [1.29, 1.82) is 0 Å². The largest absolute Gasteiger partial charge is 0.396 e. The molecule has 1 saturated carbocycles. The number of carbonyl (C=O) groups is 1. The third kappa shape index (κ3) is 2.40. The highest BCUT2D eigenvalue weighted by Crippen LogP contribution is 2.58. The minimum Gasteiger partial charge on any atom is -0.396 e. The SMILES string of the molecule is CC(C)Cc1nc2c(c(N3C[C@H]4C[C@@]4(CO)C3)n1)CCNC2=O. The summed E-state index contributed by atoms with van der Waals surface area (Å²) in [4.78, 5) is 23.8. The fourth-order valence-corrected chi connectivity index (χ4v) is 4.04. The molecule has 1 amide bonds. The lowest BCUT2D eigenvalue weighted by Crippen LogP contribution is -2.36. The normalized spacial score (nSPS) is 28.6. The summed E-state index contributed by atoms with van der Waals surface area (Å²) in [6.45, 7) is 6.95. The highest BCUT2D eigenvalue weighted by molar-refractivity contribution is 5.96. The predicted molar refractivity (Wildman–Crippen MR) is 86.5 cm³/mol. The molecule has 1 saturated heterocycles. The highest BCUT2D eigenvalue weighted by atomic mass is 16.3. The van der Waals surface area contributed by atoms with Crippen molar-refractivity contribution in [3.63, 3.8) is 0 Å². The molecule has 0 unspecified atom stereocenters. The number of aliphatic hydroxyl groups is 1. The van der Waals surface area contributed by atoms with Gasteiger partial charge in [-0.25, -0.2) is 9.97 Å². The topological polar surface area (TPSA) is 78.3 Å². The van der Waals surface area contributed by atoms with E-state index < -0.39 is 0 Å². The van der Waals surface area contributed by atoms with E-state index in [1.807, 2.05) is 0 Å². The second-order valence-corrected chi connectivity index (χ2v) is 7.70. The van der Waals surface area contributed by atoms with Crippen LogP contribution in [-0.4, -0.2) is 47.2 Å². The van der Waals surface area contributed by atoms with Gasteiger partial charge in [0.25, 0.3) is 5.91 Å². The molecule has 6 nitrogen and oxygen atoms in total. The molecular weight excluding hydrogens is 292 g/mol. The van der Waals surface area contributed by atoms with Crippen LogP contribution in [0.4, 0.5) is 5.82 Å². The molecule has 0 radical (unpaired) electrons. The molecule has 6 heteroatoms. The number of nitrogens with one attached hydrogen (secondary N) is 1. The van der Waals surface area contributed by atoms with Crippen LogP contribution in [0.3, 0.4) is 0 Å². The van der Waals surface area contributed by atoms with E-state index in [4.69, 9.17) is 4.98 Å². The van der Waals surface area contributed by atoms with Crippen molar-refractivity contribution in [2.24, 2.45) is 17.3 Å². The Kier molecular flexibility index (Phi) is 3.34. The zero-order chi connectivity index (χ0) is 16.2. The van der Waals surface area contributed by atoms with Crippen LogP contribution in [0.5, 0.6) is 0 Å². The first-order valence-electron chi connectivity index (χ1n) is 8.56. The van der Waals surface area contributed by atoms with Gasteiger partial charge in [-0.2, -0.15) is 0 Å². The van der Waals surface area contributed by atoms with E-state index >= 15 is 0 Å². The van der Waals surface area contributed by atoms with Crippen molar-refractivity contribution in [3.05, 3.63) is 17.1 Å². The van der Waals surface area contributed by atoms with Crippen LogP contribution in [0.1, 0.15) is 42.1 Å². The number of hydrogen-bond donors (Lipinski definition) is 2. The molecule has 3 heterocycles. The zero-order valence-electron chi connectivity index (χ0n) is 13.8. The average Bonchev–Trinajstić information content (AvgIpc) is 3.08. The molecule has 3 aliphatic rings. The van der Waals surface area contributed by atoms with Crippen LogP contribution in [0.15, 0.2) is 0 Å². The van der Waals surface area contributed by atoms with Gasteiger partial charge in [0.2, 0.25) is 0 Å². The second kappa shape index (κ2) is 5.16. The molecule has 2 N–H and O–H groups in total. The van der Waals surface area contributed by atoms with E-state index in [-0.39, 0.29) is 17.9 Å². The Morgan fingerprint density at radius 1 is 1.43 bits per heavy atom. The van der Waals surface area contributed by atoms with Crippen molar-refractivity contribution >= 4 is 11.7 Å². The summed E-state index contributed by atoms with van der Waals surface area (Å²) < 4.78 is 0. The van der Waals surface area contributed by atoms with E-state index in [0.717, 1.165) is 49.6 Å². The molecule has 2 fully saturated rings. The number of hydrogen-bond acceptors (Lipinski definition) is 5. The molecule has 1 aromatic rings. The van der Waals surface area contributed by atoms with Gasteiger partial charge in [-0.15, -0.1) is 0 Å². The monoisotopic (exact) mass is 316 g/mol. The van der Waals surface area contributed by atoms with Crippen LogP contribution >= 0.6 is 0 Å². The van der Waals surface area contributed by atoms with E-state index in [1.54, 1.807) is 0 Å². The Morgan fingerprint density at radius 2 is 2.26 bits per heavy atom. The molecule has 0 aromatic carbocycles. The maximum absolute atomic E-state index is 12.2.